The first-order valence-corrected chi connectivity index (χ1v) is 6.21. The SMILES string of the molecule is COCCCCNC1CCCCC1CO. The van der Waals surface area contributed by atoms with Gasteiger partial charge in [0, 0.05) is 26.4 Å². The smallest absolute Gasteiger partial charge is 0.0474 e. The summed E-state index contributed by atoms with van der Waals surface area (Å²) in [7, 11) is 1.75. The van der Waals surface area contributed by atoms with E-state index in [4.69, 9.17) is 4.74 Å². The molecule has 0 saturated heterocycles. The summed E-state index contributed by atoms with van der Waals surface area (Å²) in [6, 6.07) is 0.547. The van der Waals surface area contributed by atoms with E-state index < -0.39 is 0 Å². The summed E-state index contributed by atoms with van der Waals surface area (Å²) in [5, 5.41) is 12.8. The largest absolute Gasteiger partial charge is 0.396 e. The molecule has 1 saturated carbocycles. The van der Waals surface area contributed by atoms with Crippen LogP contribution in [-0.4, -0.2) is 38.0 Å². The van der Waals surface area contributed by atoms with Gasteiger partial charge in [-0.1, -0.05) is 12.8 Å². The highest BCUT2D eigenvalue weighted by molar-refractivity contribution is 4.80. The Hall–Kier alpha value is -0.120. The second-order valence-corrected chi connectivity index (χ2v) is 4.49. The van der Waals surface area contributed by atoms with Gasteiger partial charge < -0.3 is 15.2 Å². The van der Waals surface area contributed by atoms with Gasteiger partial charge in [0.25, 0.3) is 0 Å². The highest BCUT2D eigenvalue weighted by Crippen LogP contribution is 2.23. The van der Waals surface area contributed by atoms with Crippen molar-refractivity contribution >= 4 is 0 Å². The Morgan fingerprint density at radius 2 is 2.07 bits per heavy atom. The zero-order valence-corrected chi connectivity index (χ0v) is 9.87. The molecule has 0 spiro atoms. The van der Waals surface area contributed by atoms with Gasteiger partial charge in [0.15, 0.2) is 0 Å². The lowest BCUT2D eigenvalue weighted by molar-refractivity contribution is 0.151. The van der Waals surface area contributed by atoms with Gasteiger partial charge in [-0.05, 0) is 38.1 Å². The molecule has 0 aromatic heterocycles. The molecule has 0 heterocycles. The van der Waals surface area contributed by atoms with Crippen LogP contribution in [0.4, 0.5) is 0 Å². The van der Waals surface area contributed by atoms with Crippen LogP contribution in [0.1, 0.15) is 38.5 Å². The first kappa shape index (κ1) is 12.9. The van der Waals surface area contributed by atoms with Crippen LogP contribution in [0.25, 0.3) is 0 Å². The molecule has 1 aliphatic carbocycles. The van der Waals surface area contributed by atoms with Crippen LogP contribution < -0.4 is 5.32 Å². The maximum Gasteiger partial charge on any atom is 0.0474 e. The lowest BCUT2D eigenvalue weighted by atomic mass is 9.85. The van der Waals surface area contributed by atoms with E-state index in [2.05, 4.69) is 5.32 Å². The van der Waals surface area contributed by atoms with Gasteiger partial charge in [0.1, 0.15) is 0 Å². The second kappa shape index (κ2) is 8.08. The maximum absolute atomic E-state index is 9.24. The third kappa shape index (κ3) is 4.96. The molecule has 2 atom stereocenters. The Balaban J connectivity index is 2.07. The van der Waals surface area contributed by atoms with Crippen molar-refractivity contribution in [1.82, 2.24) is 5.32 Å². The Morgan fingerprint density at radius 3 is 2.80 bits per heavy atom. The van der Waals surface area contributed by atoms with Gasteiger partial charge >= 0.3 is 0 Å². The number of aliphatic hydroxyl groups excluding tert-OH is 1. The van der Waals surface area contributed by atoms with E-state index in [9.17, 15) is 5.11 Å². The van der Waals surface area contributed by atoms with Crippen molar-refractivity contribution in [1.29, 1.82) is 0 Å². The van der Waals surface area contributed by atoms with Gasteiger partial charge in [-0.3, -0.25) is 0 Å². The van der Waals surface area contributed by atoms with E-state index in [1.165, 1.54) is 32.1 Å². The Bertz CT molecular complexity index is 153. The van der Waals surface area contributed by atoms with Crippen LogP contribution in [0.5, 0.6) is 0 Å². The van der Waals surface area contributed by atoms with Gasteiger partial charge in [0.05, 0.1) is 0 Å². The second-order valence-electron chi connectivity index (χ2n) is 4.49. The van der Waals surface area contributed by atoms with Gasteiger partial charge in [0.2, 0.25) is 0 Å². The van der Waals surface area contributed by atoms with Crippen molar-refractivity contribution in [3.63, 3.8) is 0 Å². The number of rotatable bonds is 7. The van der Waals surface area contributed by atoms with Crippen molar-refractivity contribution in [2.24, 2.45) is 5.92 Å². The van der Waals surface area contributed by atoms with Crippen molar-refractivity contribution in [2.45, 2.75) is 44.6 Å². The van der Waals surface area contributed by atoms with Gasteiger partial charge in [-0.25, -0.2) is 0 Å². The number of ether oxygens (including phenoxy) is 1. The first-order valence-electron chi connectivity index (χ1n) is 6.21. The van der Waals surface area contributed by atoms with E-state index in [0.29, 0.717) is 18.6 Å². The van der Waals surface area contributed by atoms with E-state index in [-0.39, 0.29) is 0 Å². The maximum atomic E-state index is 9.24. The van der Waals surface area contributed by atoms with Crippen molar-refractivity contribution in [2.75, 3.05) is 26.9 Å². The molecule has 1 aliphatic rings. The molecule has 2 unspecified atom stereocenters. The summed E-state index contributed by atoms with van der Waals surface area (Å²) in [4.78, 5) is 0. The van der Waals surface area contributed by atoms with Crippen molar-refractivity contribution in [3.8, 4) is 0 Å². The lowest BCUT2D eigenvalue weighted by Gasteiger charge is -2.31. The first-order chi connectivity index (χ1) is 7.38. The summed E-state index contributed by atoms with van der Waals surface area (Å²) < 4.78 is 5.01. The summed E-state index contributed by atoms with van der Waals surface area (Å²) in [5.74, 6) is 0.487. The predicted octanol–water partition coefficient (Wildman–Crippen LogP) is 1.55. The summed E-state index contributed by atoms with van der Waals surface area (Å²) in [5.41, 5.74) is 0. The Labute approximate surface area is 93.2 Å². The third-order valence-corrected chi connectivity index (χ3v) is 3.33. The van der Waals surface area contributed by atoms with Gasteiger partial charge in [-0.15, -0.1) is 0 Å². The fraction of sp³-hybridized carbons (Fsp3) is 1.00. The van der Waals surface area contributed by atoms with Crippen LogP contribution >= 0.6 is 0 Å². The van der Waals surface area contributed by atoms with E-state index in [1.807, 2.05) is 0 Å². The minimum absolute atomic E-state index is 0.343. The molecule has 0 radical (unpaired) electrons. The number of aliphatic hydroxyl groups is 1. The number of hydrogen-bond acceptors (Lipinski definition) is 3. The van der Waals surface area contributed by atoms with Crippen LogP contribution in [0.2, 0.25) is 0 Å². The monoisotopic (exact) mass is 215 g/mol. The fourth-order valence-corrected chi connectivity index (χ4v) is 2.35. The molecule has 1 fully saturated rings. The van der Waals surface area contributed by atoms with Crippen molar-refractivity contribution < 1.29 is 9.84 Å². The van der Waals surface area contributed by atoms with E-state index in [0.717, 1.165) is 19.6 Å². The topological polar surface area (TPSA) is 41.5 Å². The number of hydrogen-bond donors (Lipinski definition) is 2. The number of methoxy groups -OCH3 is 1. The van der Waals surface area contributed by atoms with Crippen LogP contribution in [-0.2, 0) is 4.74 Å². The molecule has 90 valence electrons. The quantitative estimate of drug-likeness (QED) is 0.633. The van der Waals surface area contributed by atoms with Crippen LogP contribution in [0.3, 0.4) is 0 Å². The summed E-state index contributed by atoms with van der Waals surface area (Å²) in [6.45, 7) is 2.26. The average molecular weight is 215 g/mol. The molecule has 3 heteroatoms. The van der Waals surface area contributed by atoms with E-state index >= 15 is 0 Å². The molecule has 3 nitrogen and oxygen atoms in total. The van der Waals surface area contributed by atoms with Gasteiger partial charge in [-0.2, -0.15) is 0 Å². The zero-order chi connectivity index (χ0) is 10.9. The minimum Gasteiger partial charge on any atom is -0.396 e. The molecular weight excluding hydrogens is 190 g/mol. The van der Waals surface area contributed by atoms with Crippen molar-refractivity contribution in [3.05, 3.63) is 0 Å². The predicted molar refractivity (Wildman–Crippen MR) is 61.9 cm³/mol. The molecule has 0 aromatic rings. The standard InChI is InChI=1S/C12H25NO2/c1-15-9-5-4-8-13-12-7-3-2-6-11(12)10-14/h11-14H,2-10H2,1H3. The molecule has 2 N–H and O–H groups in total. The minimum atomic E-state index is 0.343. The average Bonchev–Trinajstić information content (AvgIpc) is 2.29. The van der Waals surface area contributed by atoms with E-state index in [1.54, 1.807) is 7.11 Å². The molecule has 0 aromatic carbocycles. The number of unbranched alkanes of at least 4 members (excludes halogenated alkanes) is 1. The van der Waals surface area contributed by atoms with Crippen LogP contribution in [0.15, 0.2) is 0 Å². The third-order valence-electron chi connectivity index (χ3n) is 3.33. The zero-order valence-electron chi connectivity index (χ0n) is 9.87. The Morgan fingerprint density at radius 1 is 1.27 bits per heavy atom. The molecule has 15 heavy (non-hydrogen) atoms. The highest BCUT2D eigenvalue weighted by atomic mass is 16.5. The Kier molecular flexibility index (Phi) is 6.98. The fourth-order valence-electron chi connectivity index (χ4n) is 2.35. The number of nitrogens with one attached hydrogen (secondary N) is 1. The lowest BCUT2D eigenvalue weighted by Crippen LogP contribution is -2.40. The van der Waals surface area contributed by atoms with Crippen LogP contribution in [0, 0.1) is 5.92 Å². The molecule has 0 aliphatic heterocycles. The summed E-state index contributed by atoms with van der Waals surface area (Å²) >= 11 is 0. The molecule has 0 amide bonds. The molecule has 0 bridgehead atoms. The normalized spacial score (nSPS) is 26.8. The molecular formula is C12H25NO2. The summed E-state index contributed by atoms with van der Waals surface area (Å²) in [6.07, 6.45) is 7.31. The molecule has 1 rings (SSSR count). The highest BCUT2D eigenvalue weighted by Gasteiger charge is 2.23.